The molecule has 0 spiro atoms. The van der Waals surface area contributed by atoms with Crippen LogP contribution in [0.15, 0.2) is 29.1 Å². The van der Waals surface area contributed by atoms with Gasteiger partial charge in [0.05, 0.1) is 5.52 Å². The van der Waals surface area contributed by atoms with Crippen molar-refractivity contribution in [2.75, 3.05) is 0 Å². The van der Waals surface area contributed by atoms with E-state index in [2.05, 4.69) is 9.97 Å². The van der Waals surface area contributed by atoms with Gasteiger partial charge < -0.3 is 9.79 Å². The fraction of sp³-hybridized carbons (Fsp3) is 0. The summed E-state index contributed by atoms with van der Waals surface area (Å²) < 4.78 is 11.1. The Morgan fingerprint density at radius 2 is 1.93 bits per heavy atom. The SMILES string of the molecule is O=c1nc2ccccc2c(P(=O)(O)O)[nH]1. The highest BCUT2D eigenvalue weighted by atomic mass is 31.2. The van der Waals surface area contributed by atoms with Gasteiger partial charge in [-0.15, -0.1) is 0 Å². The number of nitrogens with one attached hydrogen (secondary N) is 1. The molecule has 0 saturated carbocycles. The van der Waals surface area contributed by atoms with Gasteiger partial charge in [-0.2, -0.15) is 4.98 Å². The third-order valence-electron chi connectivity index (χ3n) is 1.90. The van der Waals surface area contributed by atoms with Gasteiger partial charge in [-0.05, 0) is 6.07 Å². The molecule has 0 atom stereocenters. The third-order valence-corrected chi connectivity index (χ3v) is 2.83. The molecule has 15 heavy (non-hydrogen) atoms. The lowest BCUT2D eigenvalue weighted by atomic mass is 10.2. The molecule has 6 nitrogen and oxygen atoms in total. The zero-order valence-corrected chi connectivity index (χ0v) is 8.31. The molecule has 0 aliphatic carbocycles. The normalized spacial score (nSPS) is 11.9. The molecule has 3 N–H and O–H groups in total. The van der Waals surface area contributed by atoms with Crippen LogP contribution < -0.4 is 11.1 Å². The quantitative estimate of drug-likeness (QED) is 0.580. The van der Waals surface area contributed by atoms with Crippen molar-refractivity contribution in [1.29, 1.82) is 0 Å². The molecular weight excluding hydrogens is 219 g/mol. The van der Waals surface area contributed by atoms with Crippen LogP contribution in [0.5, 0.6) is 0 Å². The highest BCUT2D eigenvalue weighted by molar-refractivity contribution is 7.60. The van der Waals surface area contributed by atoms with Crippen molar-refractivity contribution in [3.05, 3.63) is 34.7 Å². The lowest BCUT2D eigenvalue weighted by Crippen LogP contribution is -2.23. The number of hydrogen-bond acceptors (Lipinski definition) is 3. The van der Waals surface area contributed by atoms with Gasteiger partial charge in [-0.25, -0.2) is 4.79 Å². The Kier molecular flexibility index (Phi) is 2.19. The van der Waals surface area contributed by atoms with Gasteiger partial charge in [0.15, 0.2) is 0 Å². The Balaban J connectivity index is 2.96. The zero-order valence-electron chi connectivity index (χ0n) is 7.41. The van der Waals surface area contributed by atoms with Crippen LogP contribution in [-0.4, -0.2) is 19.8 Å². The van der Waals surface area contributed by atoms with E-state index in [1.54, 1.807) is 12.1 Å². The average molecular weight is 226 g/mol. The van der Waals surface area contributed by atoms with Gasteiger partial charge in [0.25, 0.3) is 0 Å². The minimum Gasteiger partial charge on any atom is -0.320 e. The van der Waals surface area contributed by atoms with E-state index < -0.39 is 18.7 Å². The van der Waals surface area contributed by atoms with Crippen molar-refractivity contribution in [3.63, 3.8) is 0 Å². The van der Waals surface area contributed by atoms with Crippen LogP contribution >= 0.6 is 7.60 Å². The van der Waals surface area contributed by atoms with E-state index in [4.69, 9.17) is 9.79 Å². The molecule has 1 heterocycles. The fourth-order valence-electron chi connectivity index (χ4n) is 1.31. The topological polar surface area (TPSA) is 103 Å². The van der Waals surface area contributed by atoms with E-state index in [9.17, 15) is 9.36 Å². The molecule has 2 aromatic rings. The van der Waals surface area contributed by atoms with Crippen molar-refractivity contribution in [2.45, 2.75) is 0 Å². The highest BCUT2D eigenvalue weighted by Crippen LogP contribution is 2.34. The Morgan fingerprint density at radius 3 is 2.60 bits per heavy atom. The second kappa shape index (κ2) is 3.27. The van der Waals surface area contributed by atoms with E-state index in [1.807, 2.05) is 0 Å². The largest absolute Gasteiger partial charge is 0.373 e. The molecular formula is C8H7N2O4P. The summed E-state index contributed by atoms with van der Waals surface area (Å²) in [4.78, 5) is 34.7. The summed E-state index contributed by atoms with van der Waals surface area (Å²) in [6, 6.07) is 6.26. The Bertz CT molecular complexity index is 615. The third kappa shape index (κ3) is 1.83. The Labute approximate surface area is 83.8 Å². The van der Waals surface area contributed by atoms with Crippen LogP contribution in [0, 0.1) is 0 Å². The molecule has 0 saturated heterocycles. The van der Waals surface area contributed by atoms with E-state index in [1.165, 1.54) is 12.1 Å². The summed E-state index contributed by atoms with van der Waals surface area (Å²) in [7, 11) is -4.49. The van der Waals surface area contributed by atoms with Crippen molar-refractivity contribution in [3.8, 4) is 0 Å². The smallest absolute Gasteiger partial charge is 0.320 e. The minimum absolute atomic E-state index is 0.255. The van der Waals surface area contributed by atoms with Gasteiger partial charge in [0, 0.05) is 5.39 Å². The number of fused-ring (bicyclic) bond motifs is 1. The molecule has 0 aliphatic heterocycles. The second-order valence-corrected chi connectivity index (χ2v) is 4.49. The van der Waals surface area contributed by atoms with Gasteiger partial charge in [-0.1, -0.05) is 18.2 Å². The number of para-hydroxylation sites is 1. The van der Waals surface area contributed by atoms with Crippen LogP contribution in [0.25, 0.3) is 10.9 Å². The number of aromatic nitrogens is 2. The van der Waals surface area contributed by atoms with Crippen molar-refractivity contribution < 1.29 is 14.4 Å². The van der Waals surface area contributed by atoms with Gasteiger partial charge >= 0.3 is 13.3 Å². The summed E-state index contributed by atoms with van der Waals surface area (Å²) in [6.07, 6.45) is 0. The molecule has 0 bridgehead atoms. The lowest BCUT2D eigenvalue weighted by Gasteiger charge is -2.06. The first-order valence-electron chi connectivity index (χ1n) is 4.03. The van der Waals surface area contributed by atoms with E-state index >= 15 is 0 Å². The Morgan fingerprint density at radius 1 is 1.27 bits per heavy atom. The first-order valence-corrected chi connectivity index (χ1v) is 5.65. The number of aromatic amines is 1. The van der Waals surface area contributed by atoms with Crippen LogP contribution in [0.2, 0.25) is 0 Å². The van der Waals surface area contributed by atoms with Crippen molar-refractivity contribution in [2.24, 2.45) is 0 Å². The summed E-state index contributed by atoms with van der Waals surface area (Å²) in [5.74, 6) is 0. The molecule has 0 amide bonds. The number of benzene rings is 1. The molecule has 0 aliphatic rings. The summed E-state index contributed by atoms with van der Waals surface area (Å²) in [5.41, 5.74) is -0.898. The molecule has 0 unspecified atom stereocenters. The molecule has 7 heteroatoms. The van der Waals surface area contributed by atoms with Crippen LogP contribution in [-0.2, 0) is 4.57 Å². The zero-order chi connectivity index (χ0) is 11.1. The lowest BCUT2D eigenvalue weighted by molar-refractivity contribution is 0.386. The molecule has 78 valence electrons. The van der Waals surface area contributed by atoms with E-state index in [-0.39, 0.29) is 10.9 Å². The fourth-order valence-corrected chi connectivity index (χ4v) is 2.05. The van der Waals surface area contributed by atoms with E-state index in [0.29, 0.717) is 0 Å². The number of hydrogen-bond donors (Lipinski definition) is 3. The summed E-state index contributed by atoms with van der Waals surface area (Å²) in [6.45, 7) is 0. The maximum absolute atomic E-state index is 11.1. The first kappa shape index (κ1) is 10.0. The second-order valence-electron chi connectivity index (χ2n) is 2.95. The highest BCUT2D eigenvalue weighted by Gasteiger charge is 2.22. The predicted octanol–water partition coefficient (Wildman–Crippen LogP) is -0.274. The van der Waals surface area contributed by atoms with Gasteiger partial charge in [0.1, 0.15) is 5.44 Å². The van der Waals surface area contributed by atoms with Gasteiger partial charge in [0.2, 0.25) is 0 Å². The number of nitrogens with zero attached hydrogens (tertiary/aromatic N) is 1. The molecule has 0 radical (unpaired) electrons. The van der Waals surface area contributed by atoms with Gasteiger partial charge in [-0.3, -0.25) is 9.55 Å². The standard InChI is InChI=1S/C8H7N2O4P/c11-8-9-6-4-2-1-3-5(6)7(10-8)15(12,13)14/h1-4H,(H,9,10,11)(H2,12,13,14). The van der Waals surface area contributed by atoms with Crippen molar-refractivity contribution in [1.82, 2.24) is 9.97 Å². The molecule has 2 rings (SSSR count). The van der Waals surface area contributed by atoms with E-state index in [0.717, 1.165) is 0 Å². The maximum Gasteiger partial charge on any atom is 0.373 e. The molecule has 1 aromatic carbocycles. The molecule has 0 fully saturated rings. The summed E-state index contributed by atoms with van der Waals surface area (Å²) >= 11 is 0. The Hall–Kier alpha value is -1.49. The maximum atomic E-state index is 11.1. The molecule has 1 aromatic heterocycles. The van der Waals surface area contributed by atoms with Crippen LogP contribution in [0.4, 0.5) is 0 Å². The van der Waals surface area contributed by atoms with Crippen LogP contribution in [0.1, 0.15) is 0 Å². The number of H-pyrrole nitrogens is 1. The monoisotopic (exact) mass is 226 g/mol. The first-order chi connectivity index (χ1) is 6.98. The summed E-state index contributed by atoms with van der Waals surface area (Å²) in [5, 5.41) is 0.255. The van der Waals surface area contributed by atoms with Crippen LogP contribution in [0.3, 0.4) is 0 Å². The minimum atomic E-state index is -4.49. The predicted molar refractivity (Wildman–Crippen MR) is 54.0 cm³/mol. The average Bonchev–Trinajstić information content (AvgIpc) is 2.15. The van der Waals surface area contributed by atoms with Crippen molar-refractivity contribution >= 4 is 23.9 Å². The number of rotatable bonds is 1.